The van der Waals surface area contributed by atoms with Crippen LogP contribution < -0.4 is 5.32 Å². The van der Waals surface area contributed by atoms with Crippen LogP contribution in [0.25, 0.3) is 5.69 Å². The third-order valence-electron chi connectivity index (χ3n) is 3.40. The molecule has 0 saturated carbocycles. The molecule has 0 radical (unpaired) electrons. The number of amides is 1. The highest BCUT2D eigenvalue weighted by molar-refractivity contribution is 6.32. The van der Waals surface area contributed by atoms with Gasteiger partial charge in [0.15, 0.2) is 5.82 Å². The molecule has 1 atom stereocenters. The van der Waals surface area contributed by atoms with Crippen molar-refractivity contribution in [3.63, 3.8) is 0 Å². The Morgan fingerprint density at radius 3 is 2.73 bits per heavy atom. The quantitative estimate of drug-likeness (QED) is 0.888. The predicted molar refractivity (Wildman–Crippen MR) is 87.4 cm³/mol. The fourth-order valence-electron chi connectivity index (χ4n) is 2.02. The number of aliphatic hydroxyl groups excluding tert-OH is 1. The first-order valence-corrected chi connectivity index (χ1v) is 7.55. The first-order valence-electron chi connectivity index (χ1n) is 7.18. The number of aryl methyl sites for hydroxylation is 1. The zero-order valence-electron chi connectivity index (χ0n) is 12.9. The lowest BCUT2D eigenvalue weighted by Crippen LogP contribution is -2.23. The molecule has 0 aliphatic rings. The van der Waals surface area contributed by atoms with Crippen LogP contribution in [-0.4, -0.2) is 26.9 Å². The van der Waals surface area contributed by atoms with E-state index in [1.165, 1.54) is 0 Å². The minimum Gasteiger partial charge on any atom is -0.392 e. The molecule has 0 fully saturated rings. The van der Waals surface area contributed by atoms with Gasteiger partial charge >= 0.3 is 0 Å². The molecule has 0 bridgehead atoms. The van der Waals surface area contributed by atoms with Crippen molar-refractivity contribution in [3.8, 4) is 5.69 Å². The first kappa shape index (κ1) is 16.5. The van der Waals surface area contributed by atoms with Gasteiger partial charge in [-0.15, -0.1) is 5.10 Å². The number of hydrogen-bond donors (Lipinski definition) is 2. The third kappa shape index (κ3) is 3.87. The molecule has 1 aromatic heterocycles. The van der Waals surface area contributed by atoms with E-state index in [1.807, 2.05) is 39.0 Å². The van der Waals surface area contributed by atoms with E-state index in [9.17, 15) is 9.90 Å². The average Bonchev–Trinajstić information content (AvgIpc) is 2.79. The van der Waals surface area contributed by atoms with Crippen LogP contribution in [0.2, 0.25) is 5.02 Å². The Hall–Kier alpha value is -1.85. The van der Waals surface area contributed by atoms with Crippen LogP contribution in [0.1, 0.15) is 26.0 Å². The summed E-state index contributed by atoms with van der Waals surface area (Å²) in [6, 6.07) is 9.13. The van der Waals surface area contributed by atoms with Gasteiger partial charge in [-0.25, -0.2) is 4.68 Å². The van der Waals surface area contributed by atoms with E-state index in [4.69, 9.17) is 11.6 Å². The largest absolute Gasteiger partial charge is 0.392 e. The summed E-state index contributed by atoms with van der Waals surface area (Å²) in [5.74, 6) is 0.219. The lowest BCUT2D eigenvalue weighted by molar-refractivity contribution is -0.118. The molecule has 5 nitrogen and oxygen atoms in total. The molecule has 118 valence electrons. The molecule has 2 rings (SSSR count). The summed E-state index contributed by atoms with van der Waals surface area (Å²) in [5, 5.41) is 17.4. The molecule has 0 aliphatic carbocycles. The van der Waals surface area contributed by atoms with Crippen LogP contribution in [0.4, 0.5) is 5.82 Å². The Balaban J connectivity index is 2.14. The Labute approximate surface area is 134 Å². The van der Waals surface area contributed by atoms with E-state index in [0.717, 1.165) is 11.4 Å². The number of nitrogens with zero attached hydrogens (tertiary/aromatic N) is 2. The van der Waals surface area contributed by atoms with Gasteiger partial charge in [0.1, 0.15) is 0 Å². The SMILES string of the molecule is Cc1cc(NC(=O)CC(O)C(C)C)nn1-c1ccccc1Cl. The van der Waals surface area contributed by atoms with Gasteiger partial charge in [0.25, 0.3) is 0 Å². The Kier molecular flexibility index (Phi) is 5.21. The summed E-state index contributed by atoms with van der Waals surface area (Å²) in [7, 11) is 0. The molecule has 0 aliphatic heterocycles. The van der Waals surface area contributed by atoms with Gasteiger partial charge in [-0.2, -0.15) is 0 Å². The predicted octanol–water partition coefficient (Wildman–Crippen LogP) is 3.18. The fraction of sp³-hybridized carbons (Fsp3) is 0.375. The number of para-hydroxylation sites is 1. The van der Waals surface area contributed by atoms with E-state index in [0.29, 0.717) is 10.8 Å². The molecule has 1 amide bonds. The Morgan fingerprint density at radius 2 is 2.09 bits per heavy atom. The van der Waals surface area contributed by atoms with Crippen LogP contribution in [0.5, 0.6) is 0 Å². The van der Waals surface area contributed by atoms with Gasteiger partial charge < -0.3 is 10.4 Å². The molecule has 1 unspecified atom stereocenters. The summed E-state index contributed by atoms with van der Waals surface area (Å²) in [6.07, 6.45) is -0.609. The van der Waals surface area contributed by atoms with E-state index in [1.54, 1.807) is 16.8 Å². The number of carbonyl (C=O) groups is 1. The highest BCUT2D eigenvalue weighted by Crippen LogP contribution is 2.22. The smallest absolute Gasteiger partial charge is 0.228 e. The monoisotopic (exact) mass is 321 g/mol. The number of anilines is 1. The maximum atomic E-state index is 11.9. The second-order valence-corrected chi connectivity index (χ2v) is 6.01. The lowest BCUT2D eigenvalue weighted by Gasteiger charge is -2.13. The summed E-state index contributed by atoms with van der Waals surface area (Å²) >= 11 is 6.17. The van der Waals surface area contributed by atoms with Crippen molar-refractivity contribution in [2.24, 2.45) is 5.92 Å². The second kappa shape index (κ2) is 6.94. The Bertz CT molecular complexity index is 667. The van der Waals surface area contributed by atoms with Crippen LogP contribution in [-0.2, 0) is 4.79 Å². The minimum absolute atomic E-state index is 0.0353. The van der Waals surface area contributed by atoms with Crippen LogP contribution in [0.15, 0.2) is 30.3 Å². The van der Waals surface area contributed by atoms with E-state index in [2.05, 4.69) is 10.4 Å². The number of nitrogens with one attached hydrogen (secondary N) is 1. The van der Waals surface area contributed by atoms with Gasteiger partial charge in [0.05, 0.1) is 23.2 Å². The Morgan fingerprint density at radius 1 is 1.41 bits per heavy atom. The van der Waals surface area contributed by atoms with Crippen molar-refractivity contribution >= 4 is 23.3 Å². The number of aromatic nitrogens is 2. The number of benzene rings is 1. The standard InChI is InChI=1S/C16H20ClN3O2/c1-10(2)14(21)9-16(22)18-15-8-11(3)20(19-15)13-7-5-4-6-12(13)17/h4-8,10,14,21H,9H2,1-3H3,(H,18,19,22). The second-order valence-electron chi connectivity index (χ2n) is 5.60. The molecule has 2 N–H and O–H groups in total. The maximum Gasteiger partial charge on any atom is 0.228 e. The highest BCUT2D eigenvalue weighted by atomic mass is 35.5. The van der Waals surface area contributed by atoms with Gasteiger partial charge in [0.2, 0.25) is 5.91 Å². The molecule has 0 spiro atoms. The van der Waals surface area contributed by atoms with Crippen LogP contribution in [0.3, 0.4) is 0 Å². The van der Waals surface area contributed by atoms with E-state index in [-0.39, 0.29) is 18.2 Å². The lowest BCUT2D eigenvalue weighted by atomic mass is 10.0. The molecular formula is C16H20ClN3O2. The van der Waals surface area contributed by atoms with E-state index >= 15 is 0 Å². The first-order chi connectivity index (χ1) is 10.4. The van der Waals surface area contributed by atoms with Crippen molar-refractivity contribution in [3.05, 3.63) is 41.0 Å². The average molecular weight is 322 g/mol. The molecule has 6 heteroatoms. The highest BCUT2D eigenvalue weighted by Gasteiger charge is 2.16. The molecule has 1 aromatic carbocycles. The number of rotatable bonds is 5. The third-order valence-corrected chi connectivity index (χ3v) is 3.72. The van der Waals surface area contributed by atoms with Gasteiger partial charge in [-0.3, -0.25) is 4.79 Å². The molecule has 2 aromatic rings. The molecule has 22 heavy (non-hydrogen) atoms. The van der Waals surface area contributed by atoms with E-state index < -0.39 is 6.10 Å². The number of halogens is 1. The minimum atomic E-state index is -0.660. The van der Waals surface area contributed by atoms with Crippen molar-refractivity contribution in [2.75, 3.05) is 5.32 Å². The maximum absolute atomic E-state index is 11.9. The number of hydrogen-bond acceptors (Lipinski definition) is 3. The zero-order valence-corrected chi connectivity index (χ0v) is 13.6. The number of carbonyl (C=O) groups excluding carboxylic acids is 1. The van der Waals surface area contributed by atoms with Gasteiger partial charge in [-0.1, -0.05) is 37.6 Å². The van der Waals surface area contributed by atoms with Crippen LogP contribution >= 0.6 is 11.6 Å². The molecular weight excluding hydrogens is 302 g/mol. The topological polar surface area (TPSA) is 67.2 Å². The van der Waals surface area contributed by atoms with Gasteiger partial charge in [-0.05, 0) is 25.0 Å². The van der Waals surface area contributed by atoms with Crippen LogP contribution in [0, 0.1) is 12.8 Å². The van der Waals surface area contributed by atoms with Gasteiger partial charge in [0, 0.05) is 11.8 Å². The summed E-state index contributed by atoms with van der Waals surface area (Å²) in [6.45, 7) is 5.62. The zero-order chi connectivity index (χ0) is 16.3. The van der Waals surface area contributed by atoms with Crippen molar-refractivity contribution < 1.29 is 9.90 Å². The molecule has 0 saturated heterocycles. The molecule has 1 heterocycles. The number of aliphatic hydroxyl groups is 1. The van der Waals surface area contributed by atoms with Crippen molar-refractivity contribution in [1.29, 1.82) is 0 Å². The summed E-state index contributed by atoms with van der Waals surface area (Å²) in [4.78, 5) is 11.9. The normalized spacial score (nSPS) is 12.5. The fourth-order valence-corrected chi connectivity index (χ4v) is 2.24. The summed E-state index contributed by atoms with van der Waals surface area (Å²) in [5.41, 5.74) is 1.61. The van der Waals surface area contributed by atoms with Crippen molar-refractivity contribution in [2.45, 2.75) is 33.3 Å². The van der Waals surface area contributed by atoms with Crippen molar-refractivity contribution in [1.82, 2.24) is 9.78 Å². The summed E-state index contributed by atoms with van der Waals surface area (Å²) < 4.78 is 1.68.